The highest BCUT2D eigenvalue weighted by Gasteiger charge is 2.50. The van der Waals surface area contributed by atoms with E-state index in [1.165, 1.54) is 0 Å². The van der Waals surface area contributed by atoms with Crippen LogP contribution in [0.3, 0.4) is 0 Å². The number of likely N-dealkylation sites (tertiary alicyclic amines) is 1. The van der Waals surface area contributed by atoms with Gasteiger partial charge in [-0.2, -0.15) is 0 Å². The summed E-state index contributed by atoms with van der Waals surface area (Å²) < 4.78 is 0. The average Bonchev–Trinajstić information content (AvgIpc) is 2.97. The minimum atomic E-state index is -0.472. The molecule has 1 saturated carbocycles. The summed E-state index contributed by atoms with van der Waals surface area (Å²) in [7, 11) is 0. The van der Waals surface area contributed by atoms with Crippen LogP contribution in [0.15, 0.2) is 48.3 Å². The number of amides is 2. The molecule has 6 nitrogen and oxygen atoms in total. The lowest BCUT2D eigenvalue weighted by Gasteiger charge is -2.40. The number of nitrogens with zero attached hydrogens (tertiary/aromatic N) is 2. The number of rotatable bonds is 3. The fraction of sp³-hybridized carbons (Fsp3) is 0.450. The summed E-state index contributed by atoms with van der Waals surface area (Å²) in [5.41, 5.74) is 3.04. The molecule has 1 aromatic heterocycles. The SMILES string of the molecule is O=C(NO)C1=CC2CC[C@]3(CCN(Cc4ccncc4)C3=O)CC2C=C1. The molecule has 6 heteroatoms. The van der Waals surface area contributed by atoms with E-state index in [0.29, 0.717) is 12.1 Å². The van der Waals surface area contributed by atoms with E-state index >= 15 is 0 Å². The van der Waals surface area contributed by atoms with Gasteiger partial charge in [-0.15, -0.1) is 0 Å². The van der Waals surface area contributed by atoms with Crippen molar-refractivity contribution >= 4 is 11.8 Å². The molecule has 0 radical (unpaired) electrons. The highest BCUT2D eigenvalue weighted by Crippen LogP contribution is 2.50. The van der Waals surface area contributed by atoms with Crippen LogP contribution in [0.25, 0.3) is 0 Å². The smallest absolute Gasteiger partial charge is 0.274 e. The highest BCUT2D eigenvalue weighted by molar-refractivity contribution is 5.95. The van der Waals surface area contributed by atoms with Crippen LogP contribution in [-0.2, 0) is 16.1 Å². The summed E-state index contributed by atoms with van der Waals surface area (Å²) in [6, 6.07) is 3.91. The topological polar surface area (TPSA) is 82.5 Å². The predicted octanol–water partition coefficient (Wildman–Crippen LogP) is 2.22. The molecule has 3 aliphatic rings. The minimum Gasteiger partial charge on any atom is -0.338 e. The number of pyridine rings is 1. The molecular formula is C20H23N3O3. The Labute approximate surface area is 152 Å². The Morgan fingerprint density at radius 2 is 2.12 bits per heavy atom. The summed E-state index contributed by atoms with van der Waals surface area (Å²) in [4.78, 5) is 30.8. The zero-order chi connectivity index (χ0) is 18.1. The maximum Gasteiger partial charge on any atom is 0.274 e. The predicted molar refractivity (Wildman–Crippen MR) is 94.7 cm³/mol. The second kappa shape index (κ2) is 6.68. The van der Waals surface area contributed by atoms with Gasteiger partial charge in [-0.3, -0.25) is 19.8 Å². The normalized spacial score (nSPS) is 30.3. The molecule has 2 N–H and O–H groups in total. The molecule has 2 fully saturated rings. The quantitative estimate of drug-likeness (QED) is 0.645. The van der Waals surface area contributed by atoms with Crippen LogP contribution in [0.1, 0.15) is 31.2 Å². The van der Waals surface area contributed by atoms with Crippen molar-refractivity contribution in [2.24, 2.45) is 17.3 Å². The maximum absolute atomic E-state index is 13.2. The van der Waals surface area contributed by atoms with Crippen molar-refractivity contribution in [3.05, 3.63) is 53.9 Å². The van der Waals surface area contributed by atoms with Gasteiger partial charge in [0.05, 0.1) is 5.41 Å². The molecule has 0 bridgehead atoms. The van der Waals surface area contributed by atoms with Crippen molar-refractivity contribution in [2.75, 3.05) is 6.54 Å². The van der Waals surface area contributed by atoms with Crippen molar-refractivity contribution in [3.63, 3.8) is 0 Å². The number of hydroxylamine groups is 1. The molecule has 3 atom stereocenters. The summed E-state index contributed by atoms with van der Waals surface area (Å²) in [5, 5.41) is 8.81. The molecule has 0 aromatic carbocycles. The Kier molecular flexibility index (Phi) is 4.36. The number of nitrogens with one attached hydrogen (secondary N) is 1. The van der Waals surface area contributed by atoms with Crippen LogP contribution in [0.5, 0.6) is 0 Å². The van der Waals surface area contributed by atoms with Gasteiger partial charge in [0.1, 0.15) is 0 Å². The van der Waals surface area contributed by atoms with Crippen LogP contribution in [0, 0.1) is 17.3 Å². The summed E-state index contributed by atoms with van der Waals surface area (Å²) in [5.74, 6) is 0.341. The molecule has 136 valence electrons. The lowest BCUT2D eigenvalue weighted by atomic mass is 9.63. The van der Waals surface area contributed by atoms with Gasteiger partial charge in [-0.05, 0) is 55.2 Å². The third kappa shape index (κ3) is 2.94. The first-order valence-corrected chi connectivity index (χ1v) is 9.14. The first-order chi connectivity index (χ1) is 12.6. The molecule has 2 unspecified atom stereocenters. The van der Waals surface area contributed by atoms with Crippen molar-refractivity contribution in [2.45, 2.75) is 32.2 Å². The molecule has 1 aliphatic heterocycles. The van der Waals surface area contributed by atoms with Crippen LogP contribution >= 0.6 is 0 Å². The van der Waals surface area contributed by atoms with Crippen molar-refractivity contribution in [1.29, 1.82) is 0 Å². The second-order valence-electron chi connectivity index (χ2n) is 7.61. The number of carbonyl (C=O) groups excluding carboxylic acids is 2. The lowest BCUT2D eigenvalue weighted by molar-refractivity contribution is -0.139. The fourth-order valence-corrected chi connectivity index (χ4v) is 4.68. The highest BCUT2D eigenvalue weighted by atomic mass is 16.5. The van der Waals surface area contributed by atoms with E-state index in [0.717, 1.165) is 37.8 Å². The van der Waals surface area contributed by atoms with Gasteiger partial charge >= 0.3 is 0 Å². The first kappa shape index (κ1) is 17.0. The standard InChI is InChI=1S/C20H23N3O3/c24-18(22-26)16-1-2-17-12-20(6-3-15(17)11-16)7-10-23(19(20)25)13-14-4-8-21-9-5-14/h1-2,4-5,8-9,11,15,17,26H,3,6-7,10,12-13H2,(H,22,24)/t15?,17?,20-/m0/s1. The van der Waals surface area contributed by atoms with E-state index in [-0.39, 0.29) is 23.2 Å². The Morgan fingerprint density at radius 3 is 2.88 bits per heavy atom. The molecule has 26 heavy (non-hydrogen) atoms. The Bertz CT molecular complexity index is 774. The van der Waals surface area contributed by atoms with Gasteiger partial charge in [-0.25, -0.2) is 5.48 Å². The Morgan fingerprint density at radius 1 is 1.31 bits per heavy atom. The number of hydrogen-bond donors (Lipinski definition) is 2. The van der Waals surface area contributed by atoms with Crippen LogP contribution in [0.4, 0.5) is 0 Å². The molecule has 1 aromatic rings. The van der Waals surface area contributed by atoms with E-state index in [9.17, 15) is 9.59 Å². The molecule has 2 heterocycles. The number of carbonyl (C=O) groups is 2. The van der Waals surface area contributed by atoms with E-state index in [2.05, 4.69) is 4.98 Å². The largest absolute Gasteiger partial charge is 0.338 e. The summed E-state index contributed by atoms with van der Waals surface area (Å²) in [6.07, 6.45) is 12.8. The zero-order valence-corrected chi connectivity index (χ0v) is 14.6. The summed E-state index contributed by atoms with van der Waals surface area (Å²) >= 11 is 0. The lowest BCUT2D eigenvalue weighted by Crippen LogP contribution is -2.40. The van der Waals surface area contributed by atoms with E-state index in [1.54, 1.807) is 23.9 Å². The first-order valence-electron chi connectivity index (χ1n) is 9.14. The molecule has 1 saturated heterocycles. The van der Waals surface area contributed by atoms with Gasteiger partial charge in [0.25, 0.3) is 5.91 Å². The number of aromatic nitrogens is 1. The molecule has 4 rings (SSSR count). The fourth-order valence-electron chi connectivity index (χ4n) is 4.68. The van der Waals surface area contributed by atoms with Crippen molar-refractivity contribution in [3.8, 4) is 0 Å². The van der Waals surface area contributed by atoms with Crippen LogP contribution < -0.4 is 5.48 Å². The molecular weight excluding hydrogens is 330 g/mol. The van der Waals surface area contributed by atoms with E-state index < -0.39 is 5.91 Å². The minimum absolute atomic E-state index is 0.261. The van der Waals surface area contributed by atoms with Crippen LogP contribution in [-0.4, -0.2) is 33.5 Å². The van der Waals surface area contributed by atoms with Crippen molar-refractivity contribution in [1.82, 2.24) is 15.4 Å². The number of hydrogen-bond acceptors (Lipinski definition) is 4. The summed E-state index contributed by atoms with van der Waals surface area (Å²) in [6.45, 7) is 1.45. The van der Waals surface area contributed by atoms with Crippen molar-refractivity contribution < 1.29 is 14.8 Å². The Hall–Kier alpha value is -2.47. The van der Waals surface area contributed by atoms with Gasteiger partial charge < -0.3 is 4.90 Å². The van der Waals surface area contributed by atoms with E-state index in [4.69, 9.17) is 5.21 Å². The molecule has 2 amide bonds. The molecule has 1 spiro atoms. The third-order valence-electron chi connectivity index (χ3n) is 6.14. The van der Waals surface area contributed by atoms with E-state index in [1.807, 2.05) is 29.2 Å². The zero-order valence-electron chi connectivity index (χ0n) is 14.6. The molecule has 2 aliphatic carbocycles. The monoisotopic (exact) mass is 353 g/mol. The Balaban J connectivity index is 1.45. The van der Waals surface area contributed by atoms with Gasteiger partial charge in [0, 0.05) is 31.1 Å². The van der Waals surface area contributed by atoms with Crippen LogP contribution in [0.2, 0.25) is 0 Å². The van der Waals surface area contributed by atoms with Gasteiger partial charge in [-0.1, -0.05) is 18.2 Å². The maximum atomic E-state index is 13.2. The number of fused-ring (bicyclic) bond motifs is 1. The number of allylic oxidation sites excluding steroid dienone is 2. The van der Waals surface area contributed by atoms with Gasteiger partial charge in [0.15, 0.2) is 0 Å². The average molecular weight is 353 g/mol. The second-order valence-corrected chi connectivity index (χ2v) is 7.61. The third-order valence-corrected chi connectivity index (χ3v) is 6.14. The van der Waals surface area contributed by atoms with Gasteiger partial charge in [0.2, 0.25) is 5.91 Å².